The third-order valence-electron chi connectivity index (χ3n) is 2.35. The second-order valence-corrected chi connectivity index (χ2v) is 4.22. The van der Waals surface area contributed by atoms with Crippen LogP contribution in [-0.2, 0) is 0 Å². The van der Waals surface area contributed by atoms with E-state index in [4.69, 9.17) is 11.6 Å². The summed E-state index contributed by atoms with van der Waals surface area (Å²) in [6.07, 6.45) is -4.76. The van der Waals surface area contributed by atoms with E-state index >= 15 is 0 Å². The summed E-state index contributed by atoms with van der Waals surface area (Å²) < 4.78 is 66.3. The van der Waals surface area contributed by atoms with E-state index in [-0.39, 0.29) is 5.52 Å². The number of benzene rings is 1. The number of rotatable bonds is 2. The molecule has 0 radical (unpaired) electrons. The van der Waals surface area contributed by atoms with Crippen molar-refractivity contribution in [1.82, 2.24) is 0 Å². The van der Waals surface area contributed by atoms with E-state index in [0.717, 1.165) is 6.20 Å². The first-order chi connectivity index (χ1) is 8.71. The van der Waals surface area contributed by atoms with Crippen molar-refractivity contribution < 1.29 is 31.3 Å². The van der Waals surface area contributed by atoms with Gasteiger partial charge in [-0.3, -0.25) is 0 Å². The van der Waals surface area contributed by atoms with Crippen LogP contribution in [0.2, 0.25) is 5.02 Å². The summed E-state index contributed by atoms with van der Waals surface area (Å²) in [5.74, 6) is 0. The molecule has 2 rings (SSSR count). The van der Waals surface area contributed by atoms with E-state index in [1.807, 2.05) is 0 Å². The fourth-order valence-electron chi connectivity index (χ4n) is 1.46. The van der Waals surface area contributed by atoms with Gasteiger partial charge >= 0.3 is 13.0 Å². The first kappa shape index (κ1) is 13.9. The van der Waals surface area contributed by atoms with Crippen LogP contribution < -0.4 is 9.49 Å². The minimum absolute atomic E-state index is 0.0534. The standard InChI is InChI=1S/C10H6BClF5NO/c12-8-3-4-9-7(6-8)2-1-5-18(9)19-11(16,17)10(13,14)15/h1-6H. The molecule has 0 spiro atoms. The van der Waals surface area contributed by atoms with Gasteiger partial charge in [0.15, 0.2) is 0 Å². The number of aromatic nitrogens is 1. The molecule has 0 amide bonds. The van der Waals surface area contributed by atoms with Gasteiger partial charge in [-0.15, -0.1) is 0 Å². The summed E-state index contributed by atoms with van der Waals surface area (Å²) in [5, 5.41) is 0.710. The molecule has 2 aromatic rings. The minimum Gasteiger partial charge on any atom is -0.432 e. The van der Waals surface area contributed by atoms with Crippen LogP contribution >= 0.6 is 11.6 Å². The molecule has 0 atom stereocenters. The van der Waals surface area contributed by atoms with Gasteiger partial charge in [0.2, 0.25) is 6.20 Å². The highest BCUT2D eigenvalue weighted by Gasteiger charge is 2.60. The topological polar surface area (TPSA) is 13.1 Å². The van der Waals surface area contributed by atoms with Crippen LogP contribution in [0.5, 0.6) is 0 Å². The van der Waals surface area contributed by atoms with Crippen molar-refractivity contribution >= 4 is 29.4 Å². The molecule has 0 N–H and O–H groups in total. The molecule has 0 aliphatic carbocycles. The van der Waals surface area contributed by atoms with Crippen LogP contribution in [-0.4, -0.2) is 13.0 Å². The highest BCUT2D eigenvalue weighted by atomic mass is 35.5. The fourth-order valence-corrected chi connectivity index (χ4v) is 1.64. The summed E-state index contributed by atoms with van der Waals surface area (Å²) in [6, 6.07) is 6.87. The normalized spacial score (nSPS) is 12.7. The Bertz CT molecular complexity index is 618. The maximum atomic E-state index is 12.9. The van der Waals surface area contributed by atoms with Gasteiger partial charge in [0.1, 0.15) is 0 Å². The second-order valence-electron chi connectivity index (χ2n) is 3.78. The van der Waals surface area contributed by atoms with Gasteiger partial charge in [-0.25, -0.2) is 13.2 Å². The summed E-state index contributed by atoms with van der Waals surface area (Å²) >= 11 is 5.70. The van der Waals surface area contributed by atoms with E-state index in [2.05, 4.69) is 4.76 Å². The molecule has 1 aromatic heterocycles. The largest absolute Gasteiger partial charge is 0.658 e. The van der Waals surface area contributed by atoms with E-state index in [1.54, 1.807) is 0 Å². The Morgan fingerprint density at radius 3 is 2.47 bits per heavy atom. The Balaban J connectivity index is 2.47. The lowest BCUT2D eigenvalue weighted by atomic mass is 9.87. The monoisotopic (exact) mass is 297 g/mol. The van der Waals surface area contributed by atoms with Crippen molar-refractivity contribution in [3.8, 4) is 0 Å². The molecule has 0 aliphatic rings. The van der Waals surface area contributed by atoms with Crippen molar-refractivity contribution in [3.63, 3.8) is 0 Å². The molecule has 0 fully saturated rings. The molecular weight excluding hydrogens is 291 g/mol. The van der Waals surface area contributed by atoms with Crippen LogP contribution in [0.15, 0.2) is 36.5 Å². The lowest BCUT2D eigenvalue weighted by Gasteiger charge is -2.23. The molecule has 102 valence electrons. The van der Waals surface area contributed by atoms with Gasteiger partial charge in [-0.2, -0.15) is 0 Å². The minimum atomic E-state index is -5.99. The van der Waals surface area contributed by atoms with Gasteiger partial charge in [0.05, 0.1) is 5.39 Å². The lowest BCUT2D eigenvalue weighted by Crippen LogP contribution is -2.62. The van der Waals surface area contributed by atoms with Crippen molar-refractivity contribution in [3.05, 3.63) is 41.6 Å². The molecule has 0 unspecified atom stereocenters. The van der Waals surface area contributed by atoms with E-state index < -0.39 is 13.0 Å². The number of alkyl halides is 3. The number of nitrogens with zero attached hydrogens (tertiary/aromatic N) is 1. The Kier molecular flexibility index (Phi) is 3.30. The molecule has 2 nitrogen and oxygen atoms in total. The average Bonchev–Trinajstić information content (AvgIpc) is 2.26. The summed E-state index contributed by atoms with van der Waals surface area (Å²) in [6.45, 7) is -5.99. The highest BCUT2D eigenvalue weighted by molar-refractivity contribution is 6.61. The van der Waals surface area contributed by atoms with Gasteiger partial charge in [-0.05, 0) is 22.9 Å². The van der Waals surface area contributed by atoms with Crippen LogP contribution in [0.4, 0.5) is 21.8 Å². The van der Waals surface area contributed by atoms with Crippen LogP contribution in [0.3, 0.4) is 0 Å². The van der Waals surface area contributed by atoms with Crippen LogP contribution in [0.1, 0.15) is 0 Å². The number of pyridine rings is 1. The third-order valence-corrected chi connectivity index (χ3v) is 2.59. The molecule has 1 heterocycles. The zero-order valence-electron chi connectivity index (χ0n) is 9.16. The van der Waals surface area contributed by atoms with E-state index in [1.165, 1.54) is 30.3 Å². The summed E-state index contributed by atoms with van der Waals surface area (Å²) in [4.78, 5) is 0. The van der Waals surface area contributed by atoms with Crippen LogP contribution in [0.25, 0.3) is 10.9 Å². The van der Waals surface area contributed by atoms with Crippen molar-refractivity contribution in [1.29, 1.82) is 0 Å². The molecule has 19 heavy (non-hydrogen) atoms. The summed E-state index contributed by atoms with van der Waals surface area (Å²) in [7, 11) is 0. The first-order valence-electron chi connectivity index (χ1n) is 5.07. The molecule has 1 aromatic carbocycles. The van der Waals surface area contributed by atoms with Crippen molar-refractivity contribution in [2.24, 2.45) is 0 Å². The molecule has 9 heteroatoms. The predicted octanol–water partition coefficient (Wildman–Crippen LogP) is 3.19. The number of hydrogen-bond donors (Lipinski definition) is 0. The van der Waals surface area contributed by atoms with Gasteiger partial charge in [-0.1, -0.05) is 11.6 Å². The molecule has 0 bridgehead atoms. The molecule has 0 saturated carbocycles. The van der Waals surface area contributed by atoms with Crippen LogP contribution in [0, 0.1) is 0 Å². The average molecular weight is 297 g/mol. The van der Waals surface area contributed by atoms with Gasteiger partial charge in [0.25, 0.3) is 5.52 Å². The quantitative estimate of drug-likeness (QED) is 0.471. The maximum Gasteiger partial charge on any atom is 0.658 e. The van der Waals surface area contributed by atoms with Gasteiger partial charge < -0.3 is 13.4 Å². The molecule has 0 saturated heterocycles. The SMILES string of the molecule is F[B-](F)(O[n+]1cccc2cc(Cl)ccc21)C(F)(F)F. The van der Waals surface area contributed by atoms with Gasteiger partial charge in [0, 0.05) is 17.2 Å². The Morgan fingerprint density at radius 2 is 1.84 bits per heavy atom. The molecular formula is C10H6BClF5NO. The zero-order valence-corrected chi connectivity index (χ0v) is 9.92. The van der Waals surface area contributed by atoms with E-state index in [0.29, 0.717) is 15.1 Å². The van der Waals surface area contributed by atoms with Crippen molar-refractivity contribution in [2.45, 2.75) is 6.08 Å². The number of halogens is 6. The number of fused-ring (bicyclic) bond motifs is 1. The maximum absolute atomic E-state index is 12.9. The summed E-state index contributed by atoms with van der Waals surface area (Å²) in [5.41, 5.74) is 0.0534. The number of hydrogen-bond acceptors (Lipinski definition) is 1. The zero-order chi connectivity index (χ0) is 14.3. The molecule has 0 aliphatic heterocycles. The predicted molar refractivity (Wildman–Crippen MR) is 59.8 cm³/mol. The Morgan fingerprint density at radius 1 is 1.16 bits per heavy atom. The lowest BCUT2D eigenvalue weighted by molar-refractivity contribution is -0.847. The first-order valence-corrected chi connectivity index (χ1v) is 5.45. The Labute approximate surface area is 109 Å². The highest BCUT2D eigenvalue weighted by Crippen LogP contribution is 2.29. The third kappa shape index (κ3) is 2.73. The fraction of sp³-hybridized carbons (Fsp3) is 0.100. The van der Waals surface area contributed by atoms with Crippen molar-refractivity contribution in [2.75, 3.05) is 0 Å². The smallest absolute Gasteiger partial charge is 0.432 e. The second kappa shape index (κ2) is 4.52. The van der Waals surface area contributed by atoms with E-state index in [9.17, 15) is 21.8 Å². The Hall–Kier alpha value is -1.57.